The number of anilines is 1. The molecule has 0 radical (unpaired) electrons. The van der Waals surface area contributed by atoms with Crippen LogP contribution in [0.2, 0.25) is 0 Å². The molecule has 1 saturated carbocycles. The monoisotopic (exact) mass is 435 g/mol. The number of likely N-dealkylation sites (tertiary alicyclic amines) is 1. The molecule has 1 N–H and O–H groups in total. The maximum absolute atomic E-state index is 12.5. The highest BCUT2D eigenvalue weighted by Gasteiger charge is 2.56. The molecular weight excluding hydrogens is 414 g/mol. The molecule has 0 atom stereocenters. The minimum Gasteiger partial charge on any atom is -0.455 e. The smallest absolute Gasteiger partial charge is 0.329 e. The minimum absolute atomic E-state index is 0.0636. The molecule has 1 saturated heterocycles. The Morgan fingerprint density at radius 2 is 2.03 bits per heavy atom. The van der Waals surface area contributed by atoms with Gasteiger partial charge in [-0.25, -0.2) is 14.8 Å². The lowest BCUT2D eigenvalue weighted by Gasteiger charge is -2.16. The lowest BCUT2D eigenvalue weighted by molar-refractivity contribution is -0.129. The average molecular weight is 436 g/mol. The van der Waals surface area contributed by atoms with Crippen molar-refractivity contribution < 1.29 is 14.3 Å². The van der Waals surface area contributed by atoms with E-state index in [0.717, 1.165) is 34.8 Å². The number of hydrogen-bond acceptors (Lipinski definition) is 7. The summed E-state index contributed by atoms with van der Waals surface area (Å²) in [5.41, 5.74) is 1.15. The molecular formula is C22H21N5O3S. The molecule has 1 spiro atoms. The molecule has 31 heavy (non-hydrogen) atoms. The van der Waals surface area contributed by atoms with E-state index in [9.17, 15) is 9.59 Å². The standard InChI is InChI=1S/C22H21N5O3S/c1-13-17(30-15-5-9-23-16(11-15)18-12-24-14(2)31-18)3-4-19(25-13)26-21(29)27-10-8-22(6-7-22)20(27)28/h3-5,9,11-12H,6-8,10H2,1-2H3,(H,25,26,29). The summed E-state index contributed by atoms with van der Waals surface area (Å²) in [6.07, 6.45) is 6.02. The first-order valence-electron chi connectivity index (χ1n) is 10.1. The van der Waals surface area contributed by atoms with E-state index in [1.807, 2.05) is 13.0 Å². The van der Waals surface area contributed by atoms with Gasteiger partial charge >= 0.3 is 6.03 Å². The second-order valence-corrected chi connectivity index (χ2v) is 9.15. The van der Waals surface area contributed by atoms with Gasteiger partial charge in [-0.1, -0.05) is 0 Å². The summed E-state index contributed by atoms with van der Waals surface area (Å²) in [6.45, 7) is 4.22. The molecule has 0 bridgehead atoms. The van der Waals surface area contributed by atoms with Crippen molar-refractivity contribution in [1.29, 1.82) is 0 Å². The lowest BCUT2D eigenvalue weighted by Crippen LogP contribution is -2.37. The van der Waals surface area contributed by atoms with Crippen molar-refractivity contribution in [1.82, 2.24) is 19.9 Å². The number of urea groups is 1. The summed E-state index contributed by atoms with van der Waals surface area (Å²) in [4.78, 5) is 40.3. The van der Waals surface area contributed by atoms with E-state index in [1.54, 1.807) is 48.9 Å². The molecule has 8 nitrogen and oxygen atoms in total. The molecule has 3 aromatic heterocycles. The lowest BCUT2D eigenvalue weighted by atomic mass is 10.1. The fraction of sp³-hybridized carbons (Fsp3) is 0.318. The topological polar surface area (TPSA) is 97.3 Å². The van der Waals surface area contributed by atoms with Crippen molar-refractivity contribution in [3.05, 3.63) is 47.4 Å². The van der Waals surface area contributed by atoms with Crippen molar-refractivity contribution in [3.8, 4) is 22.1 Å². The van der Waals surface area contributed by atoms with E-state index < -0.39 is 6.03 Å². The first-order chi connectivity index (χ1) is 14.9. The number of hydrogen-bond donors (Lipinski definition) is 1. The summed E-state index contributed by atoms with van der Waals surface area (Å²) in [7, 11) is 0. The minimum atomic E-state index is -0.423. The van der Waals surface area contributed by atoms with Gasteiger partial charge in [-0.15, -0.1) is 11.3 Å². The Labute approximate surface area is 183 Å². The maximum atomic E-state index is 12.5. The number of rotatable bonds is 4. The van der Waals surface area contributed by atoms with Crippen LogP contribution in [0.5, 0.6) is 11.5 Å². The third-order valence-electron chi connectivity index (χ3n) is 5.72. The van der Waals surface area contributed by atoms with E-state index in [1.165, 1.54) is 4.90 Å². The first kappa shape index (κ1) is 19.6. The molecule has 2 aliphatic rings. The van der Waals surface area contributed by atoms with E-state index in [4.69, 9.17) is 4.74 Å². The van der Waals surface area contributed by atoms with Crippen molar-refractivity contribution in [3.63, 3.8) is 0 Å². The predicted octanol–water partition coefficient (Wildman–Crippen LogP) is 4.55. The van der Waals surface area contributed by atoms with Gasteiger partial charge in [-0.2, -0.15) is 0 Å². The Balaban J connectivity index is 1.28. The number of imide groups is 1. The van der Waals surface area contributed by atoms with Crippen LogP contribution in [-0.2, 0) is 4.79 Å². The van der Waals surface area contributed by atoms with Crippen LogP contribution in [0.1, 0.15) is 30.0 Å². The maximum Gasteiger partial charge on any atom is 0.329 e. The van der Waals surface area contributed by atoms with E-state index in [-0.39, 0.29) is 11.3 Å². The SMILES string of the molecule is Cc1ncc(-c2cc(Oc3ccc(NC(=O)N4CCC5(CC5)C4=O)nc3C)ccn2)s1. The van der Waals surface area contributed by atoms with Gasteiger partial charge in [0.05, 0.1) is 26.7 Å². The largest absolute Gasteiger partial charge is 0.455 e. The van der Waals surface area contributed by atoms with Gasteiger partial charge in [0, 0.05) is 25.0 Å². The van der Waals surface area contributed by atoms with E-state index >= 15 is 0 Å². The van der Waals surface area contributed by atoms with Crippen molar-refractivity contribution in [2.75, 3.05) is 11.9 Å². The van der Waals surface area contributed by atoms with Crippen LogP contribution in [-0.4, -0.2) is 38.3 Å². The van der Waals surface area contributed by atoms with Crippen LogP contribution in [0.15, 0.2) is 36.7 Å². The number of carbonyl (C=O) groups is 2. The summed E-state index contributed by atoms with van der Waals surface area (Å²) >= 11 is 1.57. The molecule has 3 aromatic rings. The molecule has 1 aliphatic carbocycles. The third-order valence-corrected chi connectivity index (χ3v) is 6.65. The first-order valence-corrected chi connectivity index (χ1v) is 10.9. The zero-order valence-electron chi connectivity index (χ0n) is 17.2. The summed E-state index contributed by atoms with van der Waals surface area (Å²) in [6, 6.07) is 6.63. The Bertz CT molecular complexity index is 1190. The zero-order chi connectivity index (χ0) is 21.6. The number of nitrogens with zero attached hydrogens (tertiary/aromatic N) is 4. The average Bonchev–Trinajstić information content (AvgIpc) is 3.30. The highest BCUT2D eigenvalue weighted by Crippen LogP contribution is 2.53. The number of ether oxygens (including phenoxy) is 1. The van der Waals surface area contributed by atoms with Crippen LogP contribution in [0.25, 0.3) is 10.6 Å². The molecule has 0 aromatic carbocycles. The number of aromatic nitrogens is 3. The van der Waals surface area contributed by atoms with Gasteiger partial charge in [0.25, 0.3) is 0 Å². The molecule has 1 aliphatic heterocycles. The molecule has 5 rings (SSSR count). The Morgan fingerprint density at radius 1 is 1.19 bits per heavy atom. The number of nitrogens with one attached hydrogen (secondary N) is 1. The van der Waals surface area contributed by atoms with Crippen molar-refractivity contribution in [2.24, 2.45) is 5.41 Å². The zero-order valence-corrected chi connectivity index (χ0v) is 18.0. The van der Waals surface area contributed by atoms with Gasteiger partial charge in [0.1, 0.15) is 17.3 Å². The number of thiazole rings is 1. The normalized spacial score (nSPS) is 16.6. The van der Waals surface area contributed by atoms with Crippen molar-refractivity contribution >= 4 is 29.1 Å². The molecule has 0 unspecified atom stereocenters. The number of carbonyl (C=O) groups excluding carboxylic acids is 2. The summed E-state index contributed by atoms with van der Waals surface area (Å²) in [5.74, 6) is 1.53. The number of pyridine rings is 2. The van der Waals surface area contributed by atoms with Crippen LogP contribution in [0, 0.1) is 19.3 Å². The number of amides is 3. The van der Waals surface area contributed by atoms with E-state index in [2.05, 4.69) is 20.3 Å². The predicted molar refractivity (Wildman–Crippen MR) is 116 cm³/mol. The Kier molecular flexibility index (Phi) is 4.70. The van der Waals surface area contributed by atoms with Crippen LogP contribution < -0.4 is 10.1 Å². The number of aryl methyl sites for hydroxylation is 2. The van der Waals surface area contributed by atoms with Crippen molar-refractivity contribution in [2.45, 2.75) is 33.1 Å². The Morgan fingerprint density at radius 3 is 2.71 bits per heavy atom. The quantitative estimate of drug-likeness (QED) is 0.646. The van der Waals surface area contributed by atoms with Gasteiger partial charge in [-0.05, 0) is 51.3 Å². The van der Waals surface area contributed by atoms with Gasteiger partial charge in [0.15, 0.2) is 0 Å². The van der Waals surface area contributed by atoms with Gasteiger partial charge in [-0.3, -0.25) is 20.0 Å². The van der Waals surface area contributed by atoms with Crippen LogP contribution >= 0.6 is 11.3 Å². The van der Waals surface area contributed by atoms with Gasteiger partial charge in [0.2, 0.25) is 5.91 Å². The van der Waals surface area contributed by atoms with Crippen LogP contribution in [0.4, 0.5) is 10.6 Å². The second kappa shape index (κ2) is 7.42. The second-order valence-electron chi connectivity index (χ2n) is 7.92. The highest BCUT2D eigenvalue weighted by molar-refractivity contribution is 7.15. The molecule has 3 amide bonds. The van der Waals surface area contributed by atoms with E-state index in [0.29, 0.717) is 29.6 Å². The fourth-order valence-electron chi connectivity index (χ4n) is 3.75. The Hall–Kier alpha value is -3.33. The third kappa shape index (κ3) is 3.76. The van der Waals surface area contributed by atoms with Gasteiger partial charge < -0.3 is 4.74 Å². The highest BCUT2D eigenvalue weighted by atomic mass is 32.1. The summed E-state index contributed by atoms with van der Waals surface area (Å²) in [5, 5.41) is 3.70. The summed E-state index contributed by atoms with van der Waals surface area (Å²) < 4.78 is 5.99. The molecule has 2 fully saturated rings. The molecule has 4 heterocycles. The molecule has 9 heteroatoms. The van der Waals surface area contributed by atoms with Crippen LogP contribution in [0.3, 0.4) is 0 Å². The fourth-order valence-corrected chi connectivity index (χ4v) is 4.49. The molecule has 158 valence electrons.